The number of benzene rings is 2. The lowest BCUT2D eigenvalue weighted by Crippen LogP contribution is -2.14. The molecule has 2 atom stereocenters. The minimum absolute atomic E-state index is 0.0154. The van der Waals surface area contributed by atoms with Gasteiger partial charge in [-0.2, -0.15) is 0 Å². The van der Waals surface area contributed by atoms with E-state index in [-0.39, 0.29) is 23.6 Å². The van der Waals surface area contributed by atoms with E-state index in [2.05, 4.69) is 5.32 Å². The zero-order chi connectivity index (χ0) is 16.9. The van der Waals surface area contributed by atoms with E-state index >= 15 is 0 Å². The van der Waals surface area contributed by atoms with Crippen LogP contribution in [0.25, 0.3) is 0 Å². The van der Waals surface area contributed by atoms with Crippen LogP contribution in [0.3, 0.4) is 0 Å². The fourth-order valence-corrected chi connectivity index (χ4v) is 2.70. The Labute approximate surface area is 140 Å². The molecule has 1 fully saturated rings. The van der Waals surface area contributed by atoms with Gasteiger partial charge in [0.15, 0.2) is 0 Å². The highest BCUT2D eigenvalue weighted by Crippen LogP contribution is 2.48. The fourth-order valence-electron chi connectivity index (χ4n) is 2.70. The third-order valence-electron chi connectivity index (χ3n) is 4.08. The zero-order valence-corrected chi connectivity index (χ0v) is 13.5. The van der Waals surface area contributed by atoms with Gasteiger partial charge in [0.25, 0.3) is 0 Å². The van der Waals surface area contributed by atoms with Crippen LogP contribution in [0.2, 0.25) is 0 Å². The van der Waals surface area contributed by atoms with Crippen molar-refractivity contribution in [2.45, 2.75) is 12.3 Å². The zero-order valence-electron chi connectivity index (χ0n) is 13.5. The number of rotatable bonds is 7. The molecule has 5 heteroatoms. The van der Waals surface area contributed by atoms with Crippen molar-refractivity contribution in [3.8, 4) is 5.75 Å². The van der Waals surface area contributed by atoms with E-state index in [1.54, 1.807) is 25.3 Å². The standard InChI is InChI=1S/C19H20FNO3/c1-23-9-10-24-16-4-2-3-15(11-16)21-19(22)18-12-17(18)13-5-7-14(20)8-6-13/h2-8,11,17-18H,9-10,12H2,1H3,(H,21,22). The van der Waals surface area contributed by atoms with Crippen molar-refractivity contribution in [3.63, 3.8) is 0 Å². The van der Waals surface area contributed by atoms with Crippen LogP contribution in [0.5, 0.6) is 5.75 Å². The number of carbonyl (C=O) groups excluding carboxylic acids is 1. The lowest BCUT2D eigenvalue weighted by Gasteiger charge is -2.09. The number of halogens is 1. The molecule has 1 aliphatic rings. The van der Waals surface area contributed by atoms with Gasteiger partial charge in [0.05, 0.1) is 6.61 Å². The highest BCUT2D eigenvalue weighted by Gasteiger charge is 2.43. The van der Waals surface area contributed by atoms with Crippen LogP contribution in [0.1, 0.15) is 17.9 Å². The highest BCUT2D eigenvalue weighted by molar-refractivity contribution is 5.95. The SMILES string of the molecule is COCCOc1cccc(NC(=O)C2CC2c2ccc(F)cc2)c1. The van der Waals surface area contributed by atoms with Gasteiger partial charge in [0, 0.05) is 24.8 Å². The molecule has 0 radical (unpaired) electrons. The molecule has 2 aromatic rings. The minimum Gasteiger partial charge on any atom is -0.491 e. The summed E-state index contributed by atoms with van der Waals surface area (Å²) in [4.78, 5) is 12.4. The second kappa shape index (κ2) is 7.45. The molecular formula is C19H20FNO3. The van der Waals surface area contributed by atoms with E-state index in [1.807, 2.05) is 18.2 Å². The normalized spacial score (nSPS) is 18.9. The molecule has 2 unspecified atom stereocenters. The largest absolute Gasteiger partial charge is 0.491 e. The van der Waals surface area contributed by atoms with Crippen molar-refractivity contribution in [3.05, 3.63) is 59.9 Å². The number of carbonyl (C=O) groups is 1. The monoisotopic (exact) mass is 329 g/mol. The Morgan fingerprint density at radius 3 is 2.75 bits per heavy atom. The Hall–Kier alpha value is -2.40. The van der Waals surface area contributed by atoms with Crippen molar-refractivity contribution < 1.29 is 18.7 Å². The maximum absolute atomic E-state index is 13.0. The van der Waals surface area contributed by atoms with Crippen molar-refractivity contribution in [2.75, 3.05) is 25.6 Å². The smallest absolute Gasteiger partial charge is 0.228 e. The molecule has 1 saturated carbocycles. The Kier molecular flexibility index (Phi) is 5.11. The van der Waals surface area contributed by atoms with Crippen LogP contribution in [-0.2, 0) is 9.53 Å². The molecule has 3 rings (SSSR count). The van der Waals surface area contributed by atoms with Crippen LogP contribution in [0.4, 0.5) is 10.1 Å². The number of hydrogen-bond acceptors (Lipinski definition) is 3. The number of amides is 1. The van der Waals surface area contributed by atoms with Crippen LogP contribution >= 0.6 is 0 Å². The average molecular weight is 329 g/mol. The summed E-state index contributed by atoms with van der Waals surface area (Å²) in [6.07, 6.45) is 0.793. The van der Waals surface area contributed by atoms with E-state index in [9.17, 15) is 9.18 Å². The van der Waals surface area contributed by atoms with Crippen LogP contribution < -0.4 is 10.1 Å². The molecule has 24 heavy (non-hydrogen) atoms. The third-order valence-corrected chi connectivity index (χ3v) is 4.08. The Balaban J connectivity index is 1.56. The van der Waals surface area contributed by atoms with Crippen LogP contribution in [0.15, 0.2) is 48.5 Å². The molecule has 0 aliphatic heterocycles. The minimum atomic E-state index is -0.259. The predicted octanol–water partition coefficient (Wildman–Crippen LogP) is 3.59. The lowest BCUT2D eigenvalue weighted by atomic mass is 10.1. The summed E-state index contributed by atoms with van der Waals surface area (Å²) < 4.78 is 23.4. The molecule has 0 spiro atoms. The Morgan fingerprint density at radius 1 is 1.21 bits per heavy atom. The van der Waals surface area contributed by atoms with Gasteiger partial charge < -0.3 is 14.8 Å². The Bertz CT molecular complexity index is 702. The van der Waals surface area contributed by atoms with Gasteiger partial charge in [0.1, 0.15) is 18.2 Å². The van der Waals surface area contributed by atoms with Crippen molar-refractivity contribution in [1.29, 1.82) is 0 Å². The summed E-state index contributed by atoms with van der Waals surface area (Å²) in [6.45, 7) is 0.973. The molecule has 0 aromatic heterocycles. The van der Waals surface area contributed by atoms with Gasteiger partial charge in [0.2, 0.25) is 5.91 Å². The molecule has 1 amide bonds. The first-order chi connectivity index (χ1) is 11.7. The third kappa shape index (κ3) is 4.11. The summed E-state index contributed by atoms with van der Waals surface area (Å²) in [5, 5.41) is 2.92. The van der Waals surface area contributed by atoms with Gasteiger partial charge in [-0.15, -0.1) is 0 Å². The molecule has 0 heterocycles. The van der Waals surface area contributed by atoms with Gasteiger partial charge >= 0.3 is 0 Å². The number of ether oxygens (including phenoxy) is 2. The number of anilines is 1. The maximum Gasteiger partial charge on any atom is 0.228 e. The number of nitrogens with one attached hydrogen (secondary N) is 1. The van der Waals surface area contributed by atoms with Gasteiger partial charge in [-0.25, -0.2) is 4.39 Å². The first-order valence-corrected chi connectivity index (χ1v) is 7.95. The number of hydrogen-bond donors (Lipinski definition) is 1. The lowest BCUT2D eigenvalue weighted by molar-refractivity contribution is -0.117. The van der Waals surface area contributed by atoms with E-state index < -0.39 is 0 Å². The molecule has 126 valence electrons. The highest BCUT2D eigenvalue weighted by atomic mass is 19.1. The first-order valence-electron chi connectivity index (χ1n) is 7.95. The van der Waals surface area contributed by atoms with Crippen molar-refractivity contribution in [1.82, 2.24) is 0 Å². The summed E-state index contributed by atoms with van der Waals surface area (Å²) >= 11 is 0. The molecule has 0 saturated heterocycles. The molecule has 0 bridgehead atoms. The van der Waals surface area contributed by atoms with E-state index in [4.69, 9.17) is 9.47 Å². The molecular weight excluding hydrogens is 309 g/mol. The van der Waals surface area contributed by atoms with Gasteiger partial charge in [-0.05, 0) is 42.2 Å². The summed E-state index contributed by atoms with van der Waals surface area (Å²) in [5.41, 5.74) is 1.72. The van der Waals surface area contributed by atoms with Crippen molar-refractivity contribution in [2.24, 2.45) is 5.92 Å². The summed E-state index contributed by atoms with van der Waals surface area (Å²) in [7, 11) is 1.62. The van der Waals surface area contributed by atoms with E-state index in [0.717, 1.165) is 12.0 Å². The topological polar surface area (TPSA) is 47.6 Å². The van der Waals surface area contributed by atoms with E-state index in [0.29, 0.717) is 24.7 Å². The second-order valence-corrected chi connectivity index (χ2v) is 5.86. The van der Waals surface area contributed by atoms with Crippen molar-refractivity contribution >= 4 is 11.6 Å². The Morgan fingerprint density at radius 2 is 2.00 bits per heavy atom. The fraction of sp³-hybridized carbons (Fsp3) is 0.316. The molecule has 4 nitrogen and oxygen atoms in total. The predicted molar refractivity (Wildman–Crippen MR) is 89.7 cm³/mol. The summed E-state index contributed by atoms with van der Waals surface area (Å²) in [6, 6.07) is 13.7. The van der Waals surface area contributed by atoms with Gasteiger partial charge in [-0.1, -0.05) is 18.2 Å². The van der Waals surface area contributed by atoms with Crippen LogP contribution in [0, 0.1) is 11.7 Å². The molecule has 2 aromatic carbocycles. The quantitative estimate of drug-likeness (QED) is 0.790. The maximum atomic E-state index is 13.0. The summed E-state index contributed by atoms with van der Waals surface area (Å²) in [5.74, 6) is 0.528. The first kappa shape index (κ1) is 16.5. The van der Waals surface area contributed by atoms with Gasteiger partial charge in [-0.3, -0.25) is 4.79 Å². The second-order valence-electron chi connectivity index (χ2n) is 5.86. The molecule has 1 N–H and O–H groups in total. The molecule has 1 aliphatic carbocycles. The van der Waals surface area contributed by atoms with E-state index in [1.165, 1.54) is 12.1 Å². The average Bonchev–Trinajstić information content (AvgIpc) is 3.37. The van der Waals surface area contributed by atoms with Crippen LogP contribution in [-0.4, -0.2) is 26.2 Å². The number of methoxy groups -OCH3 is 1.